The van der Waals surface area contributed by atoms with E-state index in [0.29, 0.717) is 46.6 Å². The molecular weight excluding hydrogens is 550 g/mol. The molecule has 0 radical (unpaired) electrons. The van der Waals surface area contributed by atoms with Gasteiger partial charge in [0.15, 0.2) is 20.7 Å². The number of azo groups is 2. The van der Waals surface area contributed by atoms with E-state index < -0.39 is 9.84 Å². The van der Waals surface area contributed by atoms with Crippen LogP contribution in [0.5, 0.6) is 0 Å². The van der Waals surface area contributed by atoms with Crippen molar-refractivity contribution in [2.24, 2.45) is 20.5 Å². The largest absolute Gasteiger partial charge is 0.385 e. The summed E-state index contributed by atoms with van der Waals surface area (Å²) in [6.45, 7) is 6.07. The van der Waals surface area contributed by atoms with Gasteiger partial charge in [-0.2, -0.15) is 10.5 Å². The fraction of sp³-hybridized carbons (Fsp3) is 0.269. The Morgan fingerprint density at radius 1 is 1.07 bits per heavy atom. The van der Waals surface area contributed by atoms with Crippen LogP contribution in [0.25, 0.3) is 0 Å². The number of benzene rings is 1. The highest BCUT2D eigenvalue weighted by Gasteiger charge is 2.18. The summed E-state index contributed by atoms with van der Waals surface area (Å²) in [5.74, 6) is 0.332. The SMILES string of the molecule is C=CS(=O)(=O)CCNc1nc(NCCCOC)c(C#N)c(C)c1N=Nc1sc(N=Nc2ccccc2)cc1C#N. The molecule has 0 aliphatic rings. The van der Waals surface area contributed by atoms with Crippen LogP contribution in [0.1, 0.15) is 23.1 Å². The fourth-order valence-corrected chi connectivity index (χ4v) is 4.60. The maximum absolute atomic E-state index is 11.9. The van der Waals surface area contributed by atoms with Gasteiger partial charge in [-0.1, -0.05) is 36.1 Å². The van der Waals surface area contributed by atoms with Crippen LogP contribution in [-0.4, -0.2) is 46.0 Å². The second-order valence-electron chi connectivity index (χ2n) is 8.15. The summed E-state index contributed by atoms with van der Waals surface area (Å²) in [4.78, 5) is 4.52. The zero-order valence-electron chi connectivity index (χ0n) is 22.0. The van der Waals surface area contributed by atoms with Crippen molar-refractivity contribution in [1.29, 1.82) is 10.5 Å². The number of hydrogen-bond acceptors (Lipinski definition) is 13. The number of anilines is 2. The van der Waals surface area contributed by atoms with Crippen molar-refractivity contribution in [1.82, 2.24) is 4.98 Å². The molecule has 40 heavy (non-hydrogen) atoms. The second kappa shape index (κ2) is 14.6. The molecule has 0 aliphatic carbocycles. The number of ether oxygens (including phenoxy) is 1. The van der Waals surface area contributed by atoms with Crippen molar-refractivity contribution >= 4 is 54.2 Å². The summed E-state index contributed by atoms with van der Waals surface area (Å²) < 4.78 is 28.9. The van der Waals surface area contributed by atoms with E-state index in [1.54, 1.807) is 32.2 Å². The van der Waals surface area contributed by atoms with Crippen molar-refractivity contribution < 1.29 is 13.2 Å². The third-order valence-electron chi connectivity index (χ3n) is 5.36. The van der Waals surface area contributed by atoms with Crippen LogP contribution in [0.15, 0.2) is 68.8 Å². The van der Waals surface area contributed by atoms with Gasteiger partial charge in [-0.05, 0) is 31.5 Å². The van der Waals surface area contributed by atoms with E-state index in [2.05, 4.69) is 54.8 Å². The molecule has 206 valence electrons. The first-order chi connectivity index (χ1) is 19.3. The van der Waals surface area contributed by atoms with Crippen LogP contribution in [0.4, 0.5) is 33.0 Å². The van der Waals surface area contributed by atoms with Crippen LogP contribution < -0.4 is 10.6 Å². The third-order valence-corrected chi connectivity index (χ3v) is 7.54. The summed E-state index contributed by atoms with van der Waals surface area (Å²) in [5.41, 5.74) is 1.89. The van der Waals surface area contributed by atoms with Crippen LogP contribution in [0.2, 0.25) is 0 Å². The van der Waals surface area contributed by atoms with E-state index in [0.717, 1.165) is 16.7 Å². The summed E-state index contributed by atoms with van der Waals surface area (Å²) in [6.07, 6.45) is 0.684. The van der Waals surface area contributed by atoms with E-state index in [1.165, 1.54) is 0 Å². The van der Waals surface area contributed by atoms with Gasteiger partial charge >= 0.3 is 0 Å². The van der Waals surface area contributed by atoms with Gasteiger partial charge in [0.05, 0.1) is 22.6 Å². The molecule has 2 heterocycles. The highest BCUT2D eigenvalue weighted by molar-refractivity contribution is 7.94. The minimum atomic E-state index is -3.46. The fourth-order valence-electron chi connectivity index (χ4n) is 3.29. The Morgan fingerprint density at radius 2 is 1.82 bits per heavy atom. The number of thiophene rings is 1. The molecule has 12 nitrogen and oxygen atoms in total. The quantitative estimate of drug-likeness (QED) is 0.162. The lowest BCUT2D eigenvalue weighted by Crippen LogP contribution is -2.16. The predicted octanol–water partition coefficient (Wildman–Crippen LogP) is 6.44. The lowest BCUT2D eigenvalue weighted by atomic mass is 10.1. The Bertz CT molecular complexity index is 1590. The van der Waals surface area contributed by atoms with Gasteiger partial charge in [0.25, 0.3) is 0 Å². The smallest absolute Gasteiger partial charge is 0.172 e. The molecule has 3 rings (SSSR count). The minimum Gasteiger partial charge on any atom is -0.385 e. The molecule has 14 heteroatoms. The highest BCUT2D eigenvalue weighted by Crippen LogP contribution is 2.40. The van der Waals surface area contributed by atoms with Gasteiger partial charge in [-0.25, -0.2) is 13.4 Å². The van der Waals surface area contributed by atoms with Crippen molar-refractivity contribution in [2.75, 3.05) is 43.2 Å². The summed E-state index contributed by atoms with van der Waals surface area (Å²) in [6, 6.07) is 14.9. The van der Waals surface area contributed by atoms with Gasteiger partial charge in [0.1, 0.15) is 28.6 Å². The van der Waals surface area contributed by atoms with Gasteiger partial charge in [0.2, 0.25) is 0 Å². The van der Waals surface area contributed by atoms with E-state index in [-0.39, 0.29) is 34.9 Å². The molecule has 0 spiro atoms. The molecule has 3 aromatic rings. The van der Waals surface area contributed by atoms with Gasteiger partial charge in [-0.3, -0.25) is 0 Å². The molecule has 1 aromatic carbocycles. The number of hydrogen-bond donors (Lipinski definition) is 2. The van der Waals surface area contributed by atoms with Crippen LogP contribution in [-0.2, 0) is 14.6 Å². The van der Waals surface area contributed by atoms with Crippen LogP contribution >= 0.6 is 11.3 Å². The molecule has 0 fully saturated rings. The molecule has 0 bridgehead atoms. The number of nitrogens with one attached hydrogen (secondary N) is 2. The first-order valence-electron chi connectivity index (χ1n) is 12.0. The lowest BCUT2D eigenvalue weighted by Gasteiger charge is -2.15. The number of pyridine rings is 1. The van der Waals surface area contributed by atoms with Crippen LogP contribution in [0, 0.1) is 29.6 Å². The van der Waals surface area contributed by atoms with Crippen LogP contribution in [0.3, 0.4) is 0 Å². The molecule has 2 aromatic heterocycles. The Balaban J connectivity index is 1.97. The van der Waals surface area contributed by atoms with Crippen molar-refractivity contribution in [3.63, 3.8) is 0 Å². The summed E-state index contributed by atoms with van der Waals surface area (Å²) in [7, 11) is -1.86. The number of sulfone groups is 1. The molecule has 0 amide bonds. The molecule has 0 atom stereocenters. The first-order valence-corrected chi connectivity index (χ1v) is 14.5. The molecular formula is C26H27N9O3S2. The number of methoxy groups -OCH3 is 1. The maximum atomic E-state index is 11.9. The van der Waals surface area contributed by atoms with Gasteiger partial charge in [-0.15, -0.1) is 20.5 Å². The summed E-state index contributed by atoms with van der Waals surface area (Å²) >= 11 is 1.12. The van der Waals surface area contributed by atoms with Crippen molar-refractivity contribution in [3.05, 3.63) is 65.1 Å². The zero-order chi connectivity index (χ0) is 29.0. The Hall–Kier alpha value is -4.50. The Labute approximate surface area is 236 Å². The first kappa shape index (κ1) is 30.0. The molecule has 0 unspecified atom stereocenters. The standard InChI is InChI=1S/C26H27N9O3S2/c1-4-40(36,37)14-12-30-25-23(18(2)21(17-28)24(31-25)29-11-8-13-38-3)34-35-26-19(16-27)15-22(39-26)33-32-20-9-6-5-7-10-20/h4-7,9-10,15H,1,8,11-14H2,2-3H3,(H2,29,30,31). The van der Waals surface area contributed by atoms with Crippen molar-refractivity contribution in [2.45, 2.75) is 13.3 Å². The number of rotatable bonds is 14. The normalized spacial score (nSPS) is 11.4. The summed E-state index contributed by atoms with van der Waals surface area (Å²) in [5, 5.41) is 44.2. The molecule has 0 saturated carbocycles. The third kappa shape index (κ3) is 8.25. The number of nitrogens with zero attached hydrogens (tertiary/aromatic N) is 7. The van der Waals surface area contributed by atoms with E-state index >= 15 is 0 Å². The maximum Gasteiger partial charge on any atom is 0.172 e. The second-order valence-corrected chi connectivity index (χ2v) is 11.2. The molecule has 0 aliphatic heterocycles. The van der Waals surface area contributed by atoms with E-state index in [4.69, 9.17) is 4.74 Å². The van der Waals surface area contributed by atoms with E-state index in [1.807, 2.05) is 18.2 Å². The number of nitriles is 2. The highest BCUT2D eigenvalue weighted by atomic mass is 32.2. The Kier molecular flexibility index (Phi) is 11.0. The average Bonchev–Trinajstić information content (AvgIpc) is 3.36. The van der Waals surface area contributed by atoms with E-state index in [9.17, 15) is 18.9 Å². The molecule has 0 saturated heterocycles. The topological polar surface area (TPSA) is 177 Å². The predicted molar refractivity (Wildman–Crippen MR) is 155 cm³/mol. The Morgan fingerprint density at radius 3 is 2.50 bits per heavy atom. The minimum absolute atomic E-state index is 0.0186. The zero-order valence-corrected chi connectivity index (χ0v) is 23.6. The molecule has 2 N–H and O–H groups in total. The van der Waals surface area contributed by atoms with Gasteiger partial charge in [0, 0.05) is 37.8 Å². The monoisotopic (exact) mass is 577 g/mol. The average molecular weight is 578 g/mol. The van der Waals surface area contributed by atoms with Gasteiger partial charge < -0.3 is 15.4 Å². The van der Waals surface area contributed by atoms with Crippen molar-refractivity contribution in [3.8, 4) is 12.1 Å². The lowest BCUT2D eigenvalue weighted by molar-refractivity contribution is 0.198. The number of aromatic nitrogens is 1.